The molecule has 82 heavy (non-hydrogen) atoms. The number of nitrogens with zero attached hydrogens (tertiary/aromatic N) is 7. The fourth-order valence-electron chi connectivity index (χ4n) is 12.0. The van der Waals surface area contributed by atoms with E-state index in [0.717, 1.165) is 105 Å². The second-order valence-electron chi connectivity index (χ2n) is 24.2. The molecule has 438 valence electrons. The molecule has 19 heteroatoms. The number of fused-ring (bicyclic) bond motifs is 2. The minimum absolute atomic E-state index is 0.00698. The number of unbranched alkanes of at least 4 members (excludes halogenated alkanes) is 1. The number of benzene rings is 3. The quantitative estimate of drug-likeness (QED) is 0.0477. The van der Waals surface area contributed by atoms with Crippen molar-refractivity contribution in [1.29, 1.82) is 0 Å². The first-order chi connectivity index (χ1) is 39.3. The van der Waals surface area contributed by atoms with Crippen molar-refractivity contribution in [2.45, 2.75) is 135 Å². The number of β-amino-alcohol motifs (C(OH)–C–C–N with tert-alkyl or cyclic N) is 1. The number of aliphatic hydroxyl groups is 1. The van der Waals surface area contributed by atoms with Gasteiger partial charge < -0.3 is 50.5 Å². The SMILES string of the molecule is Cc1ncsc1-c1ccc([C@H](C)NC(=O)[C@@H]2C[C@@H](O)CN2C(=O)[C@@H](NC(=O)CCCCN2CCN(CCC(=O)Nc3ccc(CNC(=O)c4ccc5n4CCN(Cc4ccc(C(=O)N(C)C)cc4)C54CCC4)cc3)CC2)C(C)(C)C)cc1. The molecule has 18 nitrogen and oxygen atoms in total. The number of aromatic nitrogens is 2. The number of piperazine rings is 1. The van der Waals surface area contributed by atoms with Crippen molar-refractivity contribution in [2.24, 2.45) is 5.41 Å². The van der Waals surface area contributed by atoms with E-state index < -0.39 is 23.6 Å². The predicted octanol–water partition coefficient (Wildman–Crippen LogP) is 6.93. The first-order valence-electron chi connectivity index (χ1n) is 29.2. The van der Waals surface area contributed by atoms with Crippen LogP contribution < -0.4 is 21.3 Å². The molecular weight excluding hydrogens is 1050 g/mol. The van der Waals surface area contributed by atoms with Crippen molar-refractivity contribution >= 4 is 52.5 Å². The van der Waals surface area contributed by atoms with Crippen molar-refractivity contribution in [3.63, 3.8) is 0 Å². The Kier molecular flexibility index (Phi) is 19.1. The molecule has 5 heterocycles. The summed E-state index contributed by atoms with van der Waals surface area (Å²) >= 11 is 1.58. The van der Waals surface area contributed by atoms with Gasteiger partial charge in [0.1, 0.15) is 17.8 Å². The number of thiazole rings is 1. The van der Waals surface area contributed by atoms with Gasteiger partial charge >= 0.3 is 0 Å². The fraction of sp³-hybridized carbons (Fsp3) is 0.508. The van der Waals surface area contributed by atoms with Gasteiger partial charge in [0.2, 0.25) is 23.6 Å². The lowest BCUT2D eigenvalue weighted by Crippen LogP contribution is -2.57. The average molecular weight is 1140 g/mol. The first kappa shape index (κ1) is 59.8. The number of likely N-dealkylation sites (tertiary alicyclic amines) is 1. The summed E-state index contributed by atoms with van der Waals surface area (Å²) in [6.07, 6.45) is 4.60. The van der Waals surface area contributed by atoms with Crippen LogP contribution in [0.4, 0.5) is 5.69 Å². The van der Waals surface area contributed by atoms with E-state index in [0.29, 0.717) is 42.9 Å². The van der Waals surface area contributed by atoms with Crippen LogP contribution in [0.5, 0.6) is 0 Å². The summed E-state index contributed by atoms with van der Waals surface area (Å²) < 4.78 is 2.20. The maximum Gasteiger partial charge on any atom is 0.268 e. The molecule has 2 saturated heterocycles. The molecule has 5 N–H and O–H groups in total. The van der Waals surface area contributed by atoms with E-state index in [2.05, 4.69) is 63.7 Å². The molecule has 1 spiro atoms. The summed E-state index contributed by atoms with van der Waals surface area (Å²) in [5.41, 5.74) is 9.37. The van der Waals surface area contributed by atoms with Crippen LogP contribution >= 0.6 is 11.3 Å². The molecule has 3 aliphatic heterocycles. The van der Waals surface area contributed by atoms with E-state index in [1.54, 1.807) is 30.3 Å². The van der Waals surface area contributed by atoms with Gasteiger partial charge in [-0.2, -0.15) is 0 Å². The van der Waals surface area contributed by atoms with E-state index >= 15 is 0 Å². The lowest BCUT2D eigenvalue weighted by Gasteiger charge is -2.53. The third-order valence-corrected chi connectivity index (χ3v) is 18.0. The van der Waals surface area contributed by atoms with Gasteiger partial charge in [-0.25, -0.2) is 4.98 Å². The normalized spacial score (nSPS) is 19.0. The molecule has 0 unspecified atom stereocenters. The molecule has 2 aromatic heterocycles. The number of aryl methyl sites for hydroxylation is 1. The second-order valence-corrected chi connectivity index (χ2v) is 25.0. The number of nitrogens with one attached hydrogen (secondary N) is 4. The van der Waals surface area contributed by atoms with Crippen LogP contribution in [0.25, 0.3) is 10.4 Å². The van der Waals surface area contributed by atoms with E-state index in [9.17, 15) is 33.9 Å². The predicted molar refractivity (Wildman–Crippen MR) is 319 cm³/mol. The monoisotopic (exact) mass is 1140 g/mol. The molecule has 1 saturated carbocycles. The largest absolute Gasteiger partial charge is 0.391 e. The molecule has 3 aromatic carbocycles. The zero-order valence-corrected chi connectivity index (χ0v) is 49.7. The van der Waals surface area contributed by atoms with E-state index in [-0.39, 0.29) is 66.4 Å². The smallest absolute Gasteiger partial charge is 0.268 e. The number of hydrogen-bond acceptors (Lipinski definition) is 12. The van der Waals surface area contributed by atoms with Gasteiger partial charge in [-0.1, -0.05) is 69.3 Å². The Labute approximate surface area is 487 Å². The molecule has 9 rings (SSSR count). The van der Waals surface area contributed by atoms with Gasteiger partial charge in [-0.3, -0.25) is 33.7 Å². The van der Waals surface area contributed by atoms with Gasteiger partial charge in [-0.05, 0) is 117 Å². The number of hydrogen-bond donors (Lipinski definition) is 5. The molecule has 6 amide bonds. The lowest BCUT2D eigenvalue weighted by molar-refractivity contribution is -0.144. The third kappa shape index (κ3) is 14.2. The number of amides is 6. The summed E-state index contributed by atoms with van der Waals surface area (Å²) in [6.45, 7) is 17.2. The van der Waals surface area contributed by atoms with Crippen LogP contribution in [0, 0.1) is 12.3 Å². The molecule has 1 aliphatic carbocycles. The minimum atomic E-state index is -0.884. The van der Waals surface area contributed by atoms with Gasteiger partial charge in [0.05, 0.1) is 33.8 Å². The van der Waals surface area contributed by atoms with Gasteiger partial charge in [0, 0.05) is 116 Å². The van der Waals surface area contributed by atoms with E-state index in [4.69, 9.17) is 0 Å². The Hall–Kier alpha value is -6.77. The van der Waals surface area contributed by atoms with Crippen LogP contribution in [-0.4, -0.2) is 159 Å². The van der Waals surface area contributed by atoms with Crippen LogP contribution in [0.2, 0.25) is 0 Å². The van der Waals surface area contributed by atoms with Gasteiger partial charge in [0.15, 0.2) is 0 Å². The summed E-state index contributed by atoms with van der Waals surface area (Å²) in [5.74, 6) is -1.11. The Morgan fingerprint density at radius 3 is 2.11 bits per heavy atom. The fourth-order valence-corrected chi connectivity index (χ4v) is 12.8. The summed E-state index contributed by atoms with van der Waals surface area (Å²) in [5, 5.41) is 22.9. The lowest BCUT2D eigenvalue weighted by atomic mass is 9.71. The highest BCUT2D eigenvalue weighted by atomic mass is 32.1. The van der Waals surface area contributed by atoms with Crippen LogP contribution in [0.1, 0.15) is 134 Å². The summed E-state index contributed by atoms with van der Waals surface area (Å²) in [7, 11) is 3.52. The Morgan fingerprint density at radius 1 is 0.793 bits per heavy atom. The van der Waals surface area contributed by atoms with Crippen molar-refractivity contribution in [2.75, 3.05) is 71.8 Å². The first-order valence-corrected chi connectivity index (χ1v) is 30.1. The number of rotatable bonds is 21. The topological polar surface area (TPSA) is 205 Å². The van der Waals surface area contributed by atoms with E-state index in [1.807, 2.05) is 107 Å². The summed E-state index contributed by atoms with van der Waals surface area (Å²) in [4.78, 5) is 96.1. The molecule has 0 radical (unpaired) electrons. The number of carbonyl (C=O) groups is 6. The minimum Gasteiger partial charge on any atom is -0.391 e. The van der Waals surface area contributed by atoms with Crippen molar-refractivity contribution in [3.8, 4) is 10.4 Å². The molecule has 4 aliphatic rings. The third-order valence-electron chi connectivity index (χ3n) is 17.0. The Bertz CT molecular complexity index is 3050. The van der Waals surface area contributed by atoms with Gasteiger partial charge in [0.25, 0.3) is 11.8 Å². The van der Waals surface area contributed by atoms with E-state index in [1.165, 1.54) is 16.2 Å². The van der Waals surface area contributed by atoms with Crippen LogP contribution in [0.3, 0.4) is 0 Å². The average Bonchev–Trinajstić information content (AvgIpc) is 2.14. The highest BCUT2D eigenvalue weighted by molar-refractivity contribution is 7.13. The maximum atomic E-state index is 14.2. The van der Waals surface area contributed by atoms with Crippen molar-refractivity contribution in [1.82, 2.24) is 50.0 Å². The molecular formula is C63H83N11O7S. The van der Waals surface area contributed by atoms with Crippen LogP contribution in [-0.2, 0) is 44.4 Å². The zero-order chi connectivity index (χ0) is 58.3. The van der Waals surface area contributed by atoms with Crippen molar-refractivity contribution in [3.05, 3.63) is 130 Å². The molecule has 3 fully saturated rings. The van der Waals surface area contributed by atoms with Crippen LogP contribution in [0.15, 0.2) is 90.4 Å². The molecule has 5 aromatic rings. The maximum absolute atomic E-state index is 14.2. The second kappa shape index (κ2) is 26.2. The molecule has 4 atom stereocenters. The summed E-state index contributed by atoms with van der Waals surface area (Å²) in [6, 6.07) is 25.5. The zero-order valence-electron chi connectivity index (χ0n) is 48.8. The number of anilines is 1. The number of aliphatic hydroxyl groups excluding tert-OH is 1. The molecule has 0 bridgehead atoms. The van der Waals surface area contributed by atoms with Gasteiger partial charge in [-0.15, -0.1) is 11.3 Å². The Morgan fingerprint density at radius 2 is 1.48 bits per heavy atom. The van der Waals surface area contributed by atoms with Crippen molar-refractivity contribution < 1.29 is 33.9 Å². The number of carbonyl (C=O) groups excluding carboxylic acids is 6. The highest BCUT2D eigenvalue weighted by Gasteiger charge is 2.49. The Balaban J connectivity index is 0.651. The standard InChI is InChI=1S/C63H83N11O7S/c1-42(46-18-20-47(21-19-46)56-43(2)65-41-82-56)66-59(79)52-37-50(75)40-74(52)61(81)57(62(3,4)5)68-54(76)11-8-9-29-70-31-33-71(34-32-70)30-26-55(77)67-49-22-14-44(15-23-49)38-64-58(78)51-24-25-53-63(27-10-28-63)72(35-36-73(51)53)39-45-12-16-48(17-13-45)60(80)69(6)7/h12-25,41-42,50,52,57,75H,8-11,26-40H2,1-7H3,(H,64,78)(H,66,79)(H,67,77)(H,68,76)/t42-,50+,52-,57+/m0/s1. The highest BCUT2D eigenvalue weighted by Crippen LogP contribution is 2.49.